The largest absolute Gasteiger partial charge is 0.480 e. The summed E-state index contributed by atoms with van der Waals surface area (Å²) in [6.07, 6.45) is -1.49. The highest BCUT2D eigenvalue weighted by Crippen LogP contribution is 2.14. The highest BCUT2D eigenvalue weighted by molar-refractivity contribution is 5.91. The lowest BCUT2D eigenvalue weighted by atomic mass is 9.96. The van der Waals surface area contributed by atoms with E-state index in [4.69, 9.17) is 14.2 Å². The molecular formula is C20H26N2O9. The highest BCUT2D eigenvalue weighted by Gasteiger charge is 2.38. The number of carbonyl (C=O) groups is 5. The van der Waals surface area contributed by atoms with E-state index in [0.717, 1.165) is 5.56 Å². The molecular weight excluding hydrogens is 412 g/mol. The Morgan fingerprint density at radius 1 is 0.968 bits per heavy atom. The predicted octanol–water partition coefficient (Wildman–Crippen LogP) is 0.615. The normalized spacial score (nSPS) is 12.1. The molecule has 0 radical (unpaired) electrons. The van der Waals surface area contributed by atoms with Crippen molar-refractivity contribution in [1.29, 1.82) is 0 Å². The van der Waals surface area contributed by atoms with Crippen molar-refractivity contribution < 1.29 is 43.3 Å². The van der Waals surface area contributed by atoms with Crippen LogP contribution in [0.15, 0.2) is 30.3 Å². The second kappa shape index (κ2) is 13.6. The van der Waals surface area contributed by atoms with E-state index in [2.05, 4.69) is 10.6 Å². The first-order valence-electron chi connectivity index (χ1n) is 9.57. The van der Waals surface area contributed by atoms with Gasteiger partial charge in [0.05, 0.1) is 25.6 Å². The molecule has 1 rings (SSSR count). The summed E-state index contributed by atoms with van der Waals surface area (Å²) in [4.78, 5) is 59.4. The molecule has 0 aliphatic rings. The SMILES string of the molecule is CCOC(=O)C[C@@H](C(=O)OCC)[C@H](NC(=O)CNC(=O)OCc1ccccc1)C(=O)O. The van der Waals surface area contributed by atoms with E-state index in [1.165, 1.54) is 6.92 Å². The van der Waals surface area contributed by atoms with Gasteiger partial charge in [-0.25, -0.2) is 9.59 Å². The third kappa shape index (κ3) is 9.61. The Labute approximate surface area is 179 Å². The first-order valence-corrected chi connectivity index (χ1v) is 9.57. The topological polar surface area (TPSA) is 157 Å². The number of hydrogen-bond acceptors (Lipinski definition) is 8. The van der Waals surface area contributed by atoms with E-state index in [-0.39, 0.29) is 19.8 Å². The van der Waals surface area contributed by atoms with Crippen molar-refractivity contribution in [2.24, 2.45) is 5.92 Å². The molecule has 0 spiro atoms. The molecule has 0 fully saturated rings. The highest BCUT2D eigenvalue weighted by atomic mass is 16.6. The smallest absolute Gasteiger partial charge is 0.407 e. The van der Waals surface area contributed by atoms with Crippen molar-refractivity contribution in [1.82, 2.24) is 10.6 Å². The molecule has 31 heavy (non-hydrogen) atoms. The molecule has 0 saturated heterocycles. The van der Waals surface area contributed by atoms with Gasteiger partial charge in [-0.3, -0.25) is 14.4 Å². The average Bonchev–Trinajstić information content (AvgIpc) is 2.74. The van der Waals surface area contributed by atoms with Crippen molar-refractivity contribution in [3.63, 3.8) is 0 Å². The van der Waals surface area contributed by atoms with Crippen LogP contribution >= 0.6 is 0 Å². The number of hydrogen-bond donors (Lipinski definition) is 3. The number of rotatable bonds is 12. The van der Waals surface area contributed by atoms with Crippen LogP contribution in [-0.4, -0.2) is 60.8 Å². The van der Waals surface area contributed by atoms with E-state index in [1.807, 2.05) is 0 Å². The summed E-state index contributed by atoms with van der Waals surface area (Å²) in [7, 11) is 0. The molecule has 1 aromatic carbocycles. The maximum Gasteiger partial charge on any atom is 0.407 e. The molecule has 11 nitrogen and oxygen atoms in total. The summed E-state index contributed by atoms with van der Waals surface area (Å²) in [5.41, 5.74) is 0.740. The zero-order valence-corrected chi connectivity index (χ0v) is 17.3. The number of nitrogens with one attached hydrogen (secondary N) is 2. The minimum Gasteiger partial charge on any atom is -0.480 e. The Balaban J connectivity index is 2.67. The van der Waals surface area contributed by atoms with Crippen LogP contribution in [0.25, 0.3) is 0 Å². The van der Waals surface area contributed by atoms with E-state index in [9.17, 15) is 29.1 Å². The Morgan fingerprint density at radius 3 is 2.19 bits per heavy atom. The van der Waals surface area contributed by atoms with Crippen molar-refractivity contribution in [3.05, 3.63) is 35.9 Å². The number of ether oxygens (including phenoxy) is 3. The summed E-state index contributed by atoms with van der Waals surface area (Å²) < 4.78 is 14.5. The molecule has 11 heteroatoms. The zero-order chi connectivity index (χ0) is 23.2. The summed E-state index contributed by atoms with van der Waals surface area (Å²) in [5, 5.41) is 13.7. The van der Waals surface area contributed by atoms with Gasteiger partial charge in [-0.2, -0.15) is 0 Å². The van der Waals surface area contributed by atoms with Gasteiger partial charge in [0.25, 0.3) is 0 Å². The lowest BCUT2D eigenvalue weighted by Gasteiger charge is -2.22. The molecule has 0 heterocycles. The van der Waals surface area contributed by atoms with Gasteiger partial charge in [0.2, 0.25) is 5.91 Å². The number of aliphatic carboxylic acids is 1. The molecule has 0 unspecified atom stereocenters. The fourth-order valence-corrected chi connectivity index (χ4v) is 2.47. The minimum atomic E-state index is -1.77. The lowest BCUT2D eigenvalue weighted by molar-refractivity contribution is -0.160. The quantitative estimate of drug-likeness (QED) is 0.314. The van der Waals surface area contributed by atoms with Gasteiger partial charge in [-0.1, -0.05) is 30.3 Å². The zero-order valence-electron chi connectivity index (χ0n) is 17.3. The average molecular weight is 438 g/mol. The number of carbonyl (C=O) groups excluding carboxylic acids is 4. The molecule has 0 aliphatic carbocycles. The maximum absolute atomic E-state index is 12.2. The van der Waals surface area contributed by atoms with Crippen LogP contribution in [0.1, 0.15) is 25.8 Å². The molecule has 170 valence electrons. The van der Waals surface area contributed by atoms with Gasteiger partial charge in [0.1, 0.15) is 19.2 Å². The van der Waals surface area contributed by atoms with Gasteiger partial charge in [0, 0.05) is 0 Å². The Kier molecular flexibility index (Phi) is 11.1. The third-order valence-electron chi connectivity index (χ3n) is 3.87. The fraction of sp³-hybridized carbons (Fsp3) is 0.450. The van der Waals surface area contributed by atoms with Crippen molar-refractivity contribution >= 4 is 29.9 Å². The van der Waals surface area contributed by atoms with Crippen LogP contribution < -0.4 is 10.6 Å². The first kappa shape index (κ1) is 25.4. The molecule has 2 amide bonds. The Hall–Kier alpha value is -3.63. The summed E-state index contributed by atoms with van der Waals surface area (Å²) in [6, 6.07) is 7.07. The monoisotopic (exact) mass is 438 g/mol. The van der Waals surface area contributed by atoms with Gasteiger partial charge < -0.3 is 30.0 Å². The van der Waals surface area contributed by atoms with E-state index >= 15 is 0 Å². The second-order valence-corrected chi connectivity index (χ2v) is 6.17. The number of amides is 2. The summed E-state index contributed by atoms with van der Waals surface area (Å²) in [5.74, 6) is -5.75. The molecule has 2 atom stereocenters. The molecule has 1 aromatic rings. The Bertz CT molecular complexity index is 767. The second-order valence-electron chi connectivity index (χ2n) is 6.17. The number of alkyl carbamates (subject to hydrolysis) is 1. The first-order chi connectivity index (χ1) is 14.8. The molecule has 3 N–H and O–H groups in total. The molecule has 0 aromatic heterocycles. The molecule has 0 bridgehead atoms. The van der Waals surface area contributed by atoms with Gasteiger partial charge in [0.15, 0.2) is 0 Å². The summed E-state index contributed by atoms with van der Waals surface area (Å²) in [6.45, 7) is 2.43. The van der Waals surface area contributed by atoms with Gasteiger partial charge in [-0.15, -0.1) is 0 Å². The predicted molar refractivity (Wildman–Crippen MR) is 106 cm³/mol. The third-order valence-corrected chi connectivity index (χ3v) is 3.87. The van der Waals surface area contributed by atoms with Crippen LogP contribution in [0, 0.1) is 5.92 Å². The van der Waals surface area contributed by atoms with E-state index in [0.29, 0.717) is 0 Å². The van der Waals surface area contributed by atoms with Crippen LogP contribution in [0.3, 0.4) is 0 Å². The van der Waals surface area contributed by atoms with Crippen molar-refractivity contribution in [3.8, 4) is 0 Å². The number of carboxylic acid groups (broad SMARTS) is 1. The van der Waals surface area contributed by atoms with Crippen molar-refractivity contribution in [2.75, 3.05) is 19.8 Å². The number of esters is 2. The van der Waals surface area contributed by atoms with Gasteiger partial charge >= 0.3 is 24.0 Å². The maximum atomic E-state index is 12.2. The van der Waals surface area contributed by atoms with Crippen LogP contribution in [-0.2, 0) is 40.0 Å². The van der Waals surface area contributed by atoms with Crippen LogP contribution in [0.5, 0.6) is 0 Å². The van der Waals surface area contributed by atoms with E-state index in [1.54, 1.807) is 37.3 Å². The van der Waals surface area contributed by atoms with E-state index < -0.39 is 54.8 Å². The minimum absolute atomic E-state index is 0.0173. The fourth-order valence-electron chi connectivity index (χ4n) is 2.47. The Morgan fingerprint density at radius 2 is 1.61 bits per heavy atom. The molecule has 0 saturated carbocycles. The van der Waals surface area contributed by atoms with Gasteiger partial charge in [-0.05, 0) is 19.4 Å². The van der Waals surface area contributed by atoms with Crippen LogP contribution in [0.4, 0.5) is 4.79 Å². The lowest BCUT2D eigenvalue weighted by Crippen LogP contribution is -2.52. The van der Waals surface area contributed by atoms with Crippen molar-refractivity contribution in [2.45, 2.75) is 32.9 Å². The van der Waals surface area contributed by atoms with Crippen LogP contribution in [0.2, 0.25) is 0 Å². The summed E-state index contributed by atoms with van der Waals surface area (Å²) >= 11 is 0. The molecule has 0 aliphatic heterocycles. The standard InChI is InChI=1S/C20H26N2O9/c1-3-29-16(24)10-14(19(27)30-4-2)17(18(25)26)22-15(23)11-21-20(28)31-12-13-8-6-5-7-9-13/h5-9,14,17H,3-4,10-12H2,1-2H3,(H,21,28)(H,22,23)(H,25,26)/t14-,17+/m1/s1. The number of carboxylic acids is 1. The number of benzene rings is 1.